The van der Waals surface area contributed by atoms with E-state index in [1.54, 1.807) is 0 Å². The fraction of sp³-hybridized carbons (Fsp3) is 0.167. The van der Waals surface area contributed by atoms with Crippen LogP contribution in [0.1, 0.15) is 11.3 Å². The number of fused-ring (bicyclic) bond motifs is 1. The van der Waals surface area contributed by atoms with Gasteiger partial charge in [-0.3, -0.25) is 11.3 Å². The van der Waals surface area contributed by atoms with Crippen LogP contribution in [0.2, 0.25) is 0 Å². The summed E-state index contributed by atoms with van der Waals surface area (Å²) in [5.41, 5.74) is 5.80. The van der Waals surface area contributed by atoms with Gasteiger partial charge in [0.05, 0.1) is 11.2 Å². The number of nitrogens with two attached hydrogens (primary N) is 1. The first-order chi connectivity index (χ1) is 10.8. The van der Waals surface area contributed by atoms with Crippen LogP contribution in [0.4, 0.5) is 0 Å². The summed E-state index contributed by atoms with van der Waals surface area (Å²) in [7, 11) is 0. The lowest BCUT2D eigenvalue weighted by Crippen LogP contribution is -2.24. The topological polar surface area (TPSA) is 60.2 Å². The zero-order valence-electron chi connectivity index (χ0n) is 12.7. The molecule has 0 aliphatic carbocycles. The highest BCUT2D eigenvalue weighted by atomic mass is 35.5. The van der Waals surface area contributed by atoms with Crippen molar-refractivity contribution in [2.24, 2.45) is 5.84 Å². The summed E-state index contributed by atoms with van der Waals surface area (Å²) < 4.78 is 5.80. The number of ether oxygens (including phenoxy) is 1. The molecule has 0 bridgehead atoms. The van der Waals surface area contributed by atoms with Gasteiger partial charge in [-0.05, 0) is 36.2 Å². The molecule has 0 unspecified atom stereocenters. The predicted octanol–water partition coefficient (Wildman–Crippen LogP) is 3.24. The Morgan fingerprint density at radius 2 is 1.74 bits per heavy atom. The molecule has 0 atom stereocenters. The molecule has 3 rings (SSSR count). The summed E-state index contributed by atoms with van der Waals surface area (Å²) in [6.07, 6.45) is 0.906. The van der Waals surface area contributed by atoms with Gasteiger partial charge in [0, 0.05) is 11.9 Å². The molecule has 0 fully saturated rings. The lowest BCUT2D eigenvalue weighted by atomic mass is 10.1. The van der Waals surface area contributed by atoms with E-state index < -0.39 is 0 Å². The number of hydrogen-bond acceptors (Lipinski definition) is 4. The fourth-order valence-electron chi connectivity index (χ4n) is 2.31. The van der Waals surface area contributed by atoms with Crippen LogP contribution in [0.25, 0.3) is 10.9 Å². The van der Waals surface area contributed by atoms with E-state index in [1.165, 1.54) is 5.56 Å². The minimum Gasteiger partial charge on any atom is -0.487 e. The van der Waals surface area contributed by atoms with Crippen molar-refractivity contribution in [2.45, 2.75) is 13.0 Å². The Morgan fingerprint density at radius 1 is 0.957 bits per heavy atom. The number of halogens is 1. The molecule has 0 spiro atoms. The number of benzene rings is 2. The second kappa shape index (κ2) is 8.48. The number of pyridine rings is 1. The molecule has 1 heterocycles. The van der Waals surface area contributed by atoms with E-state index >= 15 is 0 Å². The zero-order valence-corrected chi connectivity index (χ0v) is 13.6. The maximum Gasteiger partial charge on any atom is 0.130 e. The smallest absolute Gasteiger partial charge is 0.130 e. The number of aromatic nitrogens is 1. The molecule has 3 N–H and O–H groups in total. The largest absolute Gasteiger partial charge is 0.487 e. The molecule has 23 heavy (non-hydrogen) atoms. The molecule has 120 valence electrons. The van der Waals surface area contributed by atoms with E-state index in [2.05, 4.69) is 34.7 Å². The monoisotopic (exact) mass is 329 g/mol. The van der Waals surface area contributed by atoms with Gasteiger partial charge >= 0.3 is 0 Å². The minimum absolute atomic E-state index is 0. The average molecular weight is 330 g/mol. The molecule has 0 saturated carbocycles. The molecule has 2 aromatic carbocycles. The maximum absolute atomic E-state index is 5.80. The van der Waals surface area contributed by atoms with E-state index in [4.69, 9.17) is 10.6 Å². The second-order valence-corrected chi connectivity index (χ2v) is 5.13. The summed E-state index contributed by atoms with van der Waals surface area (Å²) in [4.78, 5) is 4.60. The Bertz CT molecular complexity index is 747. The van der Waals surface area contributed by atoms with E-state index in [0.717, 1.165) is 35.3 Å². The molecule has 0 aliphatic heterocycles. The molecular weight excluding hydrogens is 310 g/mol. The lowest BCUT2D eigenvalue weighted by Gasteiger charge is -2.08. The number of nitrogens with zero attached hydrogens (tertiary/aromatic N) is 1. The van der Waals surface area contributed by atoms with Crippen molar-refractivity contribution in [1.82, 2.24) is 10.4 Å². The van der Waals surface area contributed by atoms with Crippen LogP contribution in [0, 0.1) is 0 Å². The van der Waals surface area contributed by atoms with Gasteiger partial charge in [-0.1, -0.05) is 36.4 Å². The van der Waals surface area contributed by atoms with Gasteiger partial charge in [0.15, 0.2) is 0 Å². The summed E-state index contributed by atoms with van der Waals surface area (Å²) in [5.74, 6) is 6.12. The first kappa shape index (κ1) is 17.2. The minimum atomic E-state index is 0. The fourth-order valence-corrected chi connectivity index (χ4v) is 2.31. The van der Waals surface area contributed by atoms with Gasteiger partial charge in [-0.15, -0.1) is 12.4 Å². The molecule has 3 aromatic rings. The van der Waals surface area contributed by atoms with E-state index in [0.29, 0.717) is 6.61 Å². The summed E-state index contributed by atoms with van der Waals surface area (Å²) >= 11 is 0. The maximum atomic E-state index is 5.80. The van der Waals surface area contributed by atoms with Crippen molar-refractivity contribution in [1.29, 1.82) is 0 Å². The van der Waals surface area contributed by atoms with Crippen LogP contribution in [-0.2, 0) is 13.0 Å². The first-order valence-electron chi connectivity index (χ1n) is 7.35. The van der Waals surface area contributed by atoms with Gasteiger partial charge in [0.2, 0.25) is 0 Å². The molecule has 4 nitrogen and oxygen atoms in total. The van der Waals surface area contributed by atoms with E-state index in [-0.39, 0.29) is 12.4 Å². The molecular formula is C18H20ClN3O. The van der Waals surface area contributed by atoms with Crippen LogP contribution in [0.15, 0.2) is 60.7 Å². The highest BCUT2D eigenvalue weighted by Gasteiger charge is 2.00. The summed E-state index contributed by atoms with van der Waals surface area (Å²) in [5, 5.41) is 1.14. The standard InChI is InChI=1S/C18H19N3O.ClH/c19-20-12-11-14-5-9-17(10-6-14)22-13-16-8-7-15-3-1-2-4-18(15)21-16;/h1-10,20H,11-13,19H2;1H. The summed E-state index contributed by atoms with van der Waals surface area (Å²) in [6.45, 7) is 1.23. The summed E-state index contributed by atoms with van der Waals surface area (Å²) in [6, 6.07) is 20.2. The van der Waals surface area contributed by atoms with Crippen LogP contribution in [-0.4, -0.2) is 11.5 Å². The normalized spacial score (nSPS) is 10.3. The van der Waals surface area contributed by atoms with Gasteiger partial charge in [0.25, 0.3) is 0 Å². The van der Waals surface area contributed by atoms with Crippen molar-refractivity contribution in [2.75, 3.05) is 6.54 Å². The van der Waals surface area contributed by atoms with E-state index in [9.17, 15) is 0 Å². The van der Waals surface area contributed by atoms with E-state index in [1.807, 2.05) is 36.4 Å². The molecule has 0 amide bonds. The molecule has 0 radical (unpaired) electrons. The highest BCUT2D eigenvalue weighted by molar-refractivity contribution is 5.85. The third kappa shape index (κ3) is 4.66. The Labute approximate surface area is 142 Å². The van der Waals surface area contributed by atoms with Gasteiger partial charge in [-0.2, -0.15) is 0 Å². The van der Waals surface area contributed by atoms with Gasteiger partial charge in [0.1, 0.15) is 12.4 Å². The van der Waals surface area contributed by atoms with Crippen molar-refractivity contribution in [3.8, 4) is 5.75 Å². The van der Waals surface area contributed by atoms with Crippen LogP contribution < -0.4 is 16.0 Å². The lowest BCUT2D eigenvalue weighted by molar-refractivity contribution is 0.301. The predicted molar refractivity (Wildman–Crippen MR) is 95.7 cm³/mol. The number of para-hydroxylation sites is 1. The SMILES string of the molecule is Cl.NNCCc1ccc(OCc2ccc3ccccc3n2)cc1. The Kier molecular flexibility index (Phi) is 6.35. The number of hydrogen-bond donors (Lipinski definition) is 2. The van der Waals surface area contributed by atoms with Crippen molar-refractivity contribution < 1.29 is 4.74 Å². The zero-order chi connectivity index (χ0) is 15.2. The highest BCUT2D eigenvalue weighted by Crippen LogP contribution is 2.16. The van der Waals surface area contributed by atoms with Crippen molar-refractivity contribution in [3.05, 3.63) is 71.9 Å². The quantitative estimate of drug-likeness (QED) is 0.538. The van der Waals surface area contributed by atoms with Crippen molar-refractivity contribution >= 4 is 23.3 Å². The first-order valence-corrected chi connectivity index (χ1v) is 7.35. The number of rotatable bonds is 6. The average Bonchev–Trinajstić information content (AvgIpc) is 2.59. The number of hydrazine groups is 1. The molecule has 0 aliphatic rings. The molecule has 0 saturated heterocycles. The van der Waals surface area contributed by atoms with Crippen LogP contribution >= 0.6 is 12.4 Å². The van der Waals surface area contributed by atoms with Crippen LogP contribution in [0.5, 0.6) is 5.75 Å². The number of nitrogens with one attached hydrogen (secondary N) is 1. The third-order valence-electron chi connectivity index (χ3n) is 3.52. The Balaban J connectivity index is 0.00000192. The molecule has 5 heteroatoms. The third-order valence-corrected chi connectivity index (χ3v) is 3.52. The Morgan fingerprint density at radius 3 is 2.52 bits per heavy atom. The van der Waals surface area contributed by atoms with Gasteiger partial charge in [-0.25, -0.2) is 4.98 Å². The molecule has 1 aromatic heterocycles. The second-order valence-electron chi connectivity index (χ2n) is 5.13. The van der Waals surface area contributed by atoms with Crippen molar-refractivity contribution in [3.63, 3.8) is 0 Å². The Hall–Kier alpha value is -2.14. The van der Waals surface area contributed by atoms with Gasteiger partial charge < -0.3 is 4.74 Å². The van der Waals surface area contributed by atoms with Crippen LogP contribution in [0.3, 0.4) is 0 Å².